The molecule has 0 aliphatic heterocycles. The summed E-state index contributed by atoms with van der Waals surface area (Å²) in [6.07, 6.45) is 1.85. The van der Waals surface area contributed by atoms with Crippen LogP contribution in [0.3, 0.4) is 0 Å². The molecule has 0 bridgehead atoms. The van der Waals surface area contributed by atoms with E-state index < -0.39 is 0 Å². The number of rotatable bonds is 11. The van der Waals surface area contributed by atoms with Gasteiger partial charge < -0.3 is 20.1 Å². The Bertz CT molecular complexity index is 905. The van der Waals surface area contributed by atoms with Crippen LogP contribution in [0.2, 0.25) is 0 Å². The van der Waals surface area contributed by atoms with E-state index in [9.17, 15) is 9.59 Å². The van der Waals surface area contributed by atoms with Gasteiger partial charge in [0.25, 0.3) is 11.8 Å². The molecular weight excluding hydrogens is 528 g/mol. The van der Waals surface area contributed by atoms with E-state index >= 15 is 0 Å². The predicted octanol–water partition coefficient (Wildman–Crippen LogP) is 4.42. The molecule has 2 rings (SSSR count). The Kier molecular flexibility index (Phi) is 10.3. The number of aryl methyl sites for hydroxylation is 2. The van der Waals surface area contributed by atoms with Gasteiger partial charge in [-0.1, -0.05) is 26.0 Å². The van der Waals surface area contributed by atoms with E-state index in [4.69, 9.17) is 9.47 Å². The molecule has 2 aromatic rings. The normalized spacial score (nSPS) is 11.5. The third-order valence-electron chi connectivity index (χ3n) is 4.54. The maximum atomic E-state index is 12.1. The molecule has 0 saturated carbocycles. The molecule has 1 atom stereocenters. The van der Waals surface area contributed by atoms with Crippen LogP contribution in [0, 0.1) is 0 Å². The monoisotopic (exact) mass is 554 g/mol. The molecule has 0 spiro atoms. The van der Waals surface area contributed by atoms with E-state index in [-0.39, 0.29) is 31.1 Å². The first-order valence-corrected chi connectivity index (χ1v) is 11.8. The number of ether oxygens (including phenoxy) is 2. The van der Waals surface area contributed by atoms with Crippen molar-refractivity contribution in [2.75, 3.05) is 19.8 Å². The van der Waals surface area contributed by atoms with Crippen LogP contribution < -0.4 is 20.1 Å². The lowest BCUT2D eigenvalue weighted by atomic mass is 10.2. The van der Waals surface area contributed by atoms with Gasteiger partial charge in [0.1, 0.15) is 11.5 Å². The number of halogens is 2. The molecule has 0 heterocycles. The van der Waals surface area contributed by atoms with E-state index in [0.29, 0.717) is 18.0 Å². The fraction of sp³-hybridized carbons (Fsp3) is 0.391. The SMILES string of the molecule is CCc1ccc(OCC(=O)NCC(C)NC(=O)COc2ccc(CC)cc2Br)c(Br)c1. The maximum absolute atomic E-state index is 12.1. The Hall–Kier alpha value is -2.06. The summed E-state index contributed by atoms with van der Waals surface area (Å²) in [4.78, 5) is 24.2. The van der Waals surface area contributed by atoms with Gasteiger partial charge >= 0.3 is 0 Å². The predicted molar refractivity (Wildman–Crippen MR) is 129 cm³/mol. The Morgan fingerprint density at radius 2 is 1.35 bits per heavy atom. The van der Waals surface area contributed by atoms with Crippen molar-refractivity contribution in [3.05, 3.63) is 56.5 Å². The van der Waals surface area contributed by atoms with Gasteiger partial charge in [0.15, 0.2) is 13.2 Å². The summed E-state index contributed by atoms with van der Waals surface area (Å²) in [7, 11) is 0. The van der Waals surface area contributed by atoms with Crippen molar-refractivity contribution in [3.8, 4) is 11.5 Å². The molecule has 2 aromatic carbocycles. The number of amides is 2. The molecule has 168 valence electrons. The Labute approximate surface area is 200 Å². The molecule has 0 radical (unpaired) electrons. The van der Waals surface area contributed by atoms with E-state index in [2.05, 4.69) is 56.3 Å². The smallest absolute Gasteiger partial charge is 0.258 e. The van der Waals surface area contributed by atoms with Crippen LogP contribution in [0.1, 0.15) is 31.9 Å². The summed E-state index contributed by atoms with van der Waals surface area (Å²) in [5.41, 5.74) is 2.37. The molecule has 0 saturated heterocycles. The van der Waals surface area contributed by atoms with Gasteiger partial charge in [-0.2, -0.15) is 0 Å². The minimum atomic E-state index is -0.260. The number of hydrogen-bond acceptors (Lipinski definition) is 4. The topological polar surface area (TPSA) is 76.7 Å². The van der Waals surface area contributed by atoms with Gasteiger partial charge in [0.05, 0.1) is 8.95 Å². The third-order valence-corrected chi connectivity index (χ3v) is 5.78. The Morgan fingerprint density at radius 1 is 0.871 bits per heavy atom. The highest BCUT2D eigenvalue weighted by atomic mass is 79.9. The molecule has 0 aliphatic rings. The van der Waals surface area contributed by atoms with E-state index in [1.54, 1.807) is 0 Å². The van der Waals surface area contributed by atoms with Gasteiger partial charge in [0, 0.05) is 12.6 Å². The average molecular weight is 556 g/mol. The lowest BCUT2D eigenvalue weighted by molar-refractivity contribution is -0.125. The zero-order valence-electron chi connectivity index (χ0n) is 18.0. The van der Waals surface area contributed by atoms with E-state index in [0.717, 1.165) is 21.8 Å². The van der Waals surface area contributed by atoms with Gasteiger partial charge in [-0.05, 0) is 87.0 Å². The minimum absolute atomic E-state index is 0.102. The number of hydrogen-bond donors (Lipinski definition) is 2. The Balaban J connectivity index is 1.69. The van der Waals surface area contributed by atoms with Crippen LogP contribution in [0.5, 0.6) is 11.5 Å². The first-order chi connectivity index (χ1) is 14.8. The highest BCUT2D eigenvalue weighted by Crippen LogP contribution is 2.27. The zero-order chi connectivity index (χ0) is 22.8. The average Bonchev–Trinajstić information content (AvgIpc) is 2.75. The number of nitrogens with one attached hydrogen (secondary N) is 2. The molecule has 2 N–H and O–H groups in total. The van der Waals surface area contributed by atoms with Crippen LogP contribution in [0.4, 0.5) is 0 Å². The van der Waals surface area contributed by atoms with E-state index in [1.165, 1.54) is 11.1 Å². The first kappa shape index (κ1) is 25.2. The number of carbonyl (C=O) groups is 2. The van der Waals surface area contributed by atoms with Gasteiger partial charge in [-0.25, -0.2) is 0 Å². The second-order valence-electron chi connectivity index (χ2n) is 7.09. The summed E-state index contributed by atoms with van der Waals surface area (Å²) in [6.45, 7) is 6.04. The van der Waals surface area contributed by atoms with Crippen molar-refractivity contribution < 1.29 is 19.1 Å². The standard InChI is InChI=1S/C23H28Br2N2O4/c1-4-16-6-8-20(18(24)10-16)30-13-22(28)26-12-15(3)27-23(29)14-31-21-9-7-17(5-2)11-19(21)25/h6-11,15H,4-5,12-14H2,1-3H3,(H,26,28)(H,27,29). The van der Waals surface area contributed by atoms with Crippen LogP contribution in [-0.2, 0) is 22.4 Å². The number of carbonyl (C=O) groups excluding carboxylic acids is 2. The van der Waals surface area contributed by atoms with Crippen molar-refractivity contribution in [2.45, 2.75) is 39.7 Å². The second-order valence-corrected chi connectivity index (χ2v) is 8.80. The van der Waals surface area contributed by atoms with Crippen LogP contribution in [0.15, 0.2) is 45.3 Å². The van der Waals surface area contributed by atoms with Crippen LogP contribution in [-0.4, -0.2) is 37.6 Å². The molecule has 6 nitrogen and oxygen atoms in total. The van der Waals surface area contributed by atoms with Crippen molar-refractivity contribution in [1.29, 1.82) is 0 Å². The van der Waals surface area contributed by atoms with Crippen molar-refractivity contribution in [2.24, 2.45) is 0 Å². The summed E-state index contributed by atoms with van der Waals surface area (Å²) in [5.74, 6) is 0.709. The highest BCUT2D eigenvalue weighted by Gasteiger charge is 2.12. The highest BCUT2D eigenvalue weighted by molar-refractivity contribution is 9.10. The zero-order valence-corrected chi connectivity index (χ0v) is 21.1. The lowest BCUT2D eigenvalue weighted by Crippen LogP contribution is -2.44. The molecule has 2 amide bonds. The minimum Gasteiger partial charge on any atom is -0.483 e. The van der Waals surface area contributed by atoms with Crippen LogP contribution >= 0.6 is 31.9 Å². The lowest BCUT2D eigenvalue weighted by Gasteiger charge is -2.16. The molecule has 8 heteroatoms. The van der Waals surface area contributed by atoms with Gasteiger partial charge in [0.2, 0.25) is 0 Å². The van der Waals surface area contributed by atoms with Crippen molar-refractivity contribution in [3.63, 3.8) is 0 Å². The molecule has 31 heavy (non-hydrogen) atoms. The van der Waals surface area contributed by atoms with Gasteiger partial charge in [-0.15, -0.1) is 0 Å². The van der Waals surface area contributed by atoms with Crippen molar-refractivity contribution >= 4 is 43.7 Å². The second kappa shape index (κ2) is 12.7. The Morgan fingerprint density at radius 3 is 1.81 bits per heavy atom. The van der Waals surface area contributed by atoms with E-state index in [1.807, 2.05) is 43.3 Å². The fourth-order valence-electron chi connectivity index (χ4n) is 2.73. The van der Waals surface area contributed by atoms with Crippen molar-refractivity contribution in [1.82, 2.24) is 10.6 Å². The molecule has 0 aliphatic carbocycles. The quantitative estimate of drug-likeness (QED) is 0.430. The summed E-state index contributed by atoms with van der Waals surface area (Å²) in [5, 5.41) is 5.55. The molecule has 0 fully saturated rings. The molecule has 0 aromatic heterocycles. The first-order valence-electron chi connectivity index (χ1n) is 10.2. The summed E-state index contributed by atoms with van der Waals surface area (Å²) in [6, 6.07) is 11.3. The molecular formula is C23H28Br2N2O4. The summed E-state index contributed by atoms with van der Waals surface area (Å²) < 4.78 is 12.8. The number of benzene rings is 2. The maximum Gasteiger partial charge on any atom is 0.258 e. The molecule has 1 unspecified atom stereocenters. The third kappa shape index (κ3) is 8.53. The largest absolute Gasteiger partial charge is 0.483 e. The summed E-state index contributed by atoms with van der Waals surface area (Å²) >= 11 is 6.91. The van der Waals surface area contributed by atoms with Crippen LogP contribution in [0.25, 0.3) is 0 Å². The van der Waals surface area contributed by atoms with Gasteiger partial charge in [-0.3, -0.25) is 9.59 Å². The fourth-order valence-corrected chi connectivity index (χ4v) is 3.82.